The minimum atomic E-state index is 0.651. The topological polar surface area (TPSA) is 12.0 Å². The van der Waals surface area contributed by atoms with Crippen molar-refractivity contribution in [2.75, 3.05) is 6.54 Å². The molecule has 0 radical (unpaired) electrons. The second-order valence-electron chi connectivity index (χ2n) is 4.94. The average molecular weight is 201 g/mol. The molecule has 80 valence electrons. The minimum Gasteiger partial charge on any atom is -0.310 e. The summed E-state index contributed by atoms with van der Waals surface area (Å²) in [4.78, 5) is 0. The third-order valence-electron chi connectivity index (χ3n) is 3.95. The summed E-state index contributed by atoms with van der Waals surface area (Å²) in [6, 6.07) is 5.31. The summed E-state index contributed by atoms with van der Waals surface area (Å²) >= 11 is 0. The average Bonchev–Trinajstić information content (AvgIpc) is 2.85. The van der Waals surface area contributed by atoms with E-state index in [9.17, 15) is 0 Å². The molecule has 1 aromatic rings. The van der Waals surface area contributed by atoms with Crippen LogP contribution in [0.1, 0.15) is 47.6 Å². The molecule has 1 heterocycles. The van der Waals surface area contributed by atoms with E-state index in [0.717, 1.165) is 0 Å². The molecule has 1 aliphatic carbocycles. The molecule has 1 aliphatic heterocycles. The van der Waals surface area contributed by atoms with Gasteiger partial charge in [0.05, 0.1) is 0 Å². The van der Waals surface area contributed by atoms with Crippen LogP contribution < -0.4 is 5.32 Å². The van der Waals surface area contributed by atoms with Crippen molar-refractivity contribution in [2.24, 2.45) is 0 Å². The SMILES string of the molecule is Cc1ccc2c(c1C1CCCN1)CCC2. The molecule has 2 aliphatic rings. The smallest absolute Gasteiger partial charge is 0.0326 e. The van der Waals surface area contributed by atoms with Crippen molar-refractivity contribution in [1.82, 2.24) is 5.32 Å². The maximum Gasteiger partial charge on any atom is 0.0326 e. The van der Waals surface area contributed by atoms with Gasteiger partial charge in [0.1, 0.15) is 0 Å². The lowest BCUT2D eigenvalue weighted by Gasteiger charge is -2.18. The highest BCUT2D eigenvalue weighted by molar-refractivity contribution is 5.45. The summed E-state index contributed by atoms with van der Waals surface area (Å²) in [5.41, 5.74) is 6.43. The van der Waals surface area contributed by atoms with Crippen LogP contribution >= 0.6 is 0 Å². The van der Waals surface area contributed by atoms with Gasteiger partial charge in [-0.1, -0.05) is 12.1 Å². The monoisotopic (exact) mass is 201 g/mol. The Bertz CT molecular complexity index is 375. The van der Waals surface area contributed by atoms with Gasteiger partial charge in [-0.05, 0) is 67.8 Å². The Hall–Kier alpha value is -0.820. The molecule has 1 fully saturated rings. The van der Waals surface area contributed by atoms with Crippen molar-refractivity contribution in [3.63, 3.8) is 0 Å². The molecule has 3 rings (SSSR count). The predicted molar refractivity (Wildman–Crippen MR) is 63.2 cm³/mol. The van der Waals surface area contributed by atoms with Crippen molar-refractivity contribution in [1.29, 1.82) is 0 Å². The fourth-order valence-electron chi connectivity index (χ4n) is 3.23. The van der Waals surface area contributed by atoms with Crippen LogP contribution in [0, 0.1) is 6.92 Å². The summed E-state index contributed by atoms with van der Waals surface area (Å²) in [6.45, 7) is 3.47. The Morgan fingerprint density at radius 2 is 2.13 bits per heavy atom. The van der Waals surface area contributed by atoms with Crippen molar-refractivity contribution >= 4 is 0 Å². The van der Waals surface area contributed by atoms with Crippen LogP contribution in [0.5, 0.6) is 0 Å². The molecule has 0 amide bonds. The van der Waals surface area contributed by atoms with Gasteiger partial charge in [0.2, 0.25) is 0 Å². The van der Waals surface area contributed by atoms with Gasteiger partial charge in [-0.2, -0.15) is 0 Å². The second-order valence-corrected chi connectivity index (χ2v) is 4.94. The van der Waals surface area contributed by atoms with E-state index in [1.807, 2.05) is 0 Å². The summed E-state index contributed by atoms with van der Waals surface area (Å²) in [5, 5.41) is 3.64. The third-order valence-corrected chi connectivity index (χ3v) is 3.95. The Morgan fingerprint density at radius 3 is 2.93 bits per heavy atom. The van der Waals surface area contributed by atoms with E-state index >= 15 is 0 Å². The number of rotatable bonds is 1. The number of nitrogens with one attached hydrogen (secondary N) is 1. The van der Waals surface area contributed by atoms with E-state index in [-0.39, 0.29) is 0 Å². The molecule has 1 unspecified atom stereocenters. The van der Waals surface area contributed by atoms with Gasteiger partial charge in [0, 0.05) is 6.04 Å². The van der Waals surface area contributed by atoms with Crippen LogP contribution in [-0.4, -0.2) is 6.54 Å². The number of aryl methyl sites for hydroxylation is 2. The highest BCUT2D eigenvalue weighted by Gasteiger charge is 2.24. The Labute approximate surface area is 91.9 Å². The fraction of sp³-hybridized carbons (Fsp3) is 0.571. The zero-order chi connectivity index (χ0) is 10.3. The third kappa shape index (κ3) is 1.50. The molecule has 0 spiro atoms. The van der Waals surface area contributed by atoms with E-state index in [0.29, 0.717) is 6.04 Å². The van der Waals surface area contributed by atoms with E-state index in [1.165, 1.54) is 44.2 Å². The lowest BCUT2D eigenvalue weighted by atomic mass is 9.92. The van der Waals surface area contributed by atoms with Gasteiger partial charge in [-0.15, -0.1) is 0 Å². The van der Waals surface area contributed by atoms with Gasteiger partial charge in [-0.25, -0.2) is 0 Å². The highest BCUT2D eigenvalue weighted by atomic mass is 14.9. The zero-order valence-corrected chi connectivity index (χ0v) is 9.47. The minimum absolute atomic E-state index is 0.651. The van der Waals surface area contributed by atoms with Crippen molar-refractivity contribution in [2.45, 2.75) is 45.1 Å². The molecule has 0 bridgehead atoms. The Kier molecular flexibility index (Phi) is 2.28. The first-order valence-corrected chi connectivity index (χ1v) is 6.21. The maximum absolute atomic E-state index is 3.64. The number of fused-ring (bicyclic) bond motifs is 1. The predicted octanol–water partition coefficient (Wildman–Crippen LogP) is 2.91. The van der Waals surface area contributed by atoms with Crippen LogP contribution in [0.4, 0.5) is 0 Å². The molecule has 1 aromatic carbocycles. The molecule has 1 nitrogen and oxygen atoms in total. The first kappa shape index (κ1) is 9.41. The summed E-state index contributed by atoms with van der Waals surface area (Å²) in [6.07, 6.45) is 6.64. The van der Waals surface area contributed by atoms with Gasteiger partial charge in [0.25, 0.3) is 0 Å². The number of hydrogen-bond acceptors (Lipinski definition) is 1. The van der Waals surface area contributed by atoms with Crippen LogP contribution in [0.25, 0.3) is 0 Å². The fourth-order valence-corrected chi connectivity index (χ4v) is 3.23. The van der Waals surface area contributed by atoms with E-state index in [4.69, 9.17) is 0 Å². The van der Waals surface area contributed by atoms with Crippen molar-refractivity contribution < 1.29 is 0 Å². The summed E-state index contributed by atoms with van der Waals surface area (Å²) in [7, 11) is 0. The summed E-state index contributed by atoms with van der Waals surface area (Å²) in [5.74, 6) is 0. The normalized spacial score (nSPS) is 24.5. The first-order valence-electron chi connectivity index (χ1n) is 6.21. The molecule has 0 aromatic heterocycles. The summed E-state index contributed by atoms with van der Waals surface area (Å²) < 4.78 is 0. The Morgan fingerprint density at radius 1 is 1.20 bits per heavy atom. The van der Waals surface area contributed by atoms with Gasteiger partial charge < -0.3 is 5.32 Å². The lowest BCUT2D eigenvalue weighted by molar-refractivity contribution is 0.637. The van der Waals surface area contributed by atoms with Gasteiger partial charge in [0.15, 0.2) is 0 Å². The number of benzene rings is 1. The molecule has 1 atom stereocenters. The molecule has 15 heavy (non-hydrogen) atoms. The van der Waals surface area contributed by atoms with Crippen LogP contribution in [0.3, 0.4) is 0 Å². The van der Waals surface area contributed by atoms with E-state index in [2.05, 4.69) is 24.4 Å². The largest absolute Gasteiger partial charge is 0.310 e. The highest BCUT2D eigenvalue weighted by Crippen LogP contribution is 2.34. The zero-order valence-electron chi connectivity index (χ0n) is 9.47. The molecule has 1 heteroatoms. The van der Waals surface area contributed by atoms with Gasteiger partial charge >= 0.3 is 0 Å². The maximum atomic E-state index is 3.64. The van der Waals surface area contributed by atoms with Crippen LogP contribution in [0.2, 0.25) is 0 Å². The van der Waals surface area contributed by atoms with E-state index in [1.54, 1.807) is 16.7 Å². The van der Waals surface area contributed by atoms with Crippen LogP contribution in [0.15, 0.2) is 12.1 Å². The molecule has 1 saturated heterocycles. The quantitative estimate of drug-likeness (QED) is 0.736. The lowest BCUT2D eigenvalue weighted by Crippen LogP contribution is -2.16. The molecular formula is C14H19N. The van der Waals surface area contributed by atoms with Crippen molar-refractivity contribution in [3.8, 4) is 0 Å². The number of hydrogen-bond donors (Lipinski definition) is 1. The molecule has 0 saturated carbocycles. The first-order chi connectivity index (χ1) is 7.36. The Balaban J connectivity index is 2.08. The molecule has 1 N–H and O–H groups in total. The molecular weight excluding hydrogens is 182 g/mol. The second kappa shape index (κ2) is 3.64. The standard InChI is InChI=1S/C14H19N/c1-10-7-8-11-4-2-5-12(11)14(10)13-6-3-9-15-13/h7-8,13,15H,2-6,9H2,1H3. The van der Waals surface area contributed by atoms with Crippen molar-refractivity contribution in [3.05, 3.63) is 34.4 Å². The van der Waals surface area contributed by atoms with E-state index < -0.39 is 0 Å². The van der Waals surface area contributed by atoms with Gasteiger partial charge in [-0.3, -0.25) is 0 Å². The van der Waals surface area contributed by atoms with Crippen LogP contribution in [-0.2, 0) is 12.8 Å².